The van der Waals surface area contributed by atoms with Gasteiger partial charge in [0, 0.05) is 19.3 Å². The van der Waals surface area contributed by atoms with Crippen molar-refractivity contribution in [2.45, 2.75) is 25.9 Å². The third-order valence-corrected chi connectivity index (χ3v) is 4.15. The van der Waals surface area contributed by atoms with Crippen LogP contribution in [0.3, 0.4) is 0 Å². The quantitative estimate of drug-likeness (QED) is 0.363. The minimum Gasteiger partial charge on any atom is -0.465 e. The summed E-state index contributed by atoms with van der Waals surface area (Å²) in [5, 5.41) is 0.611. The minimum atomic E-state index is -1.21. The Hall–Kier alpha value is -1.63. The second kappa shape index (κ2) is 6.01. The van der Waals surface area contributed by atoms with Gasteiger partial charge in [0.15, 0.2) is 10.9 Å². The molecule has 0 spiro atoms. The molecule has 1 aromatic rings. The molecule has 0 bridgehead atoms. The van der Waals surface area contributed by atoms with Gasteiger partial charge in [-0.2, -0.15) is 0 Å². The van der Waals surface area contributed by atoms with Crippen molar-refractivity contribution in [1.29, 1.82) is 0 Å². The Kier molecular flexibility index (Phi) is 4.51. The fourth-order valence-corrected chi connectivity index (χ4v) is 2.73. The second-order valence-electron chi connectivity index (χ2n) is 4.99. The minimum absolute atomic E-state index is 0.253. The van der Waals surface area contributed by atoms with Gasteiger partial charge < -0.3 is 9.64 Å². The first kappa shape index (κ1) is 15.8. The highest BCUT2D eigenvalue weighted by Gasteiger charge is 2.49. The van der Waals surface area contributed by atoms with E-state index in [0.29, 0.717) is 23.1 Å². The summed E-state index contributed by atoms with van der Waals surface area (Å²) < 4.78 is 5.08. The molecule has 1 unspecified atom stereocenters. The van der Waals surface area contributed by atoms with Crippen LogP contribution in [-0.2, 0) is 9.53 Å². The van der Waals surface area contributed by atoms with Gasteiger partial charge in [0.25, 0.3) is 0 Å². The van der Waals surface area contributed by atoms with E-state index in [-0.39, 0.29) is 18.9 Å². The monoisotopic (exact) mass is 309 g/mol. The second-order valence-corrected chi connectivity index (χ2v) is 5.76. The van der Waals surface area contributed by atoms with Gasteiger partial charge in [-0.05, 0) is 27.0 Å². The van der Waals surface area contributed by atoms with Crippen LogP contribution in [0.25, 0.3) is 0 Å². The van der Waals surface area contributed by atoms with E-state index in [1.807, 2.05) is 18.1 Å². The van der Waals surface area contributed by atoms with Crippen LogP contribution in [0, 0.1) is 5.41 Å². The summed E-state index contributed by atoms with van der Waals surface area (Å²) in [7, 11) is 0. The van der Waals surface area contributed by atoms with Crippen molar-refractivity contribution in [2.75, 3.05) is 30.9 Å². The molecule has 0 N–H and O–H groups in total. The average molecular weight is 309 g/mol. The Morgan fingerprint density at radius 2 is 2.24 bits per heavy atom. The number of anilines is 1. The van der Waals surface area contributed by atoms with Crippen LogP contribution in [0.2, 0.25) is 0 Å². The van der Waals surface area contributed by atoms with E-state index in [1.165, 1.54) is 18.0 Å². The molecule has 0 aliphatic carbocycles. The molecule has 1 atom stereocenters. The van der Waals surface area contributed by atoms with Gasteiger partial charge in [-0.25, -0.2) is 9.97 Å². The Labute approximate surface area is 128 Å². The lowest BCUT2D eigenvalue weighted by atomic mass is 9.79. The summed E-state index contributed by atoms with van der Waals surface area (Å²) >= 11 is 1.42. The largest absolute Gasteiger partial charge is 0.465 e. The van der Waals surface area contributed by atoms with Gasteiger partial charge in [-0.1, -0.05) is 11.8 Å². The Balaban J connectivity index is 2.50. The number of carbonyl (C=O) groups excluding carboxylic acids is 2. The summed E-state index contributed by atoms with van der Waals surface area (Å²) in [5.41, 5.74) is -0.820. The molecule has 0 radical (unpaired) electrons. The van der Waals surface area contributed by atoms with E-state index in [9.17, 15) is 9.59 Å². The summed E-state index contributed by atoms with van der Waals surface area (Å²) in [6.45, 7) is 6.50. The van der Waals surface area contributed by atoms with E-state index in [0.717, 1.165) is 0 Å². The highest BCUT2D eigenvalue weighted by molar-refractivity contribution is 7.98. The molecule has 0 aromatic carbocycles. The van der Waals surface area contributed by atoms with Crippen molar-refractivity contribution in [3.05, 3.63) is 11.8 Å². The maximum atomic E-state index is 12.7. The molecule has 6 nitrogen and oxygen atoms in total. The third-order valence-electron chi connectivity index (χ3n) is 3.59. The topological polar surface area (TPSA) is 72.4 Å². The molecule has 21 heavy (non-hydrogen) atoms. The number of rotatable bonds is 4. The van der Waals surface area contributed by atoms with Gasteiger partial charge in [0.05, 0.1) is 12.2 Å². The molecule has 0 fully saturated rings. The number of aromatic nitrogens is 2. The van der Waals surface area contributed by atoms with E-state index in [1.54, 1.807) is 13.8 Å². The Bertz CT molecular complexity index is 579. The van der Waals surface area contributed by atoms with E-state index in [2.05, 4.69) is 9.97 Å². The van der Waals surface area contributed by atoms with Crippen LogP contribution in [0.5, 0.6) is 0 Å². The number of fused-ring (bicyclic) bond motifs is 1. The number of nitrogens with zero attached hydrogens (tertiary/aromatic N) is 3. The smallest absolute Gasteiger partial charge is 0.321 e. The van der Waals surface area contributed by atoms with Crippen LogP contribution in [0.4, 0.5) is 5.82 Å². The number of esters is 1. The molecule has 114 valence electrons. The zero-order chi connectivity index (χ0) is 15.6. The first-order valence-electron chi connectivity index (χ1n) is 6.85. The van der Waals surface area contributed by atoms with Crippen molar-refractivity contribution in [3.63, 3.8) is 0 Å². The lowest BCUT2D eigenvalue weighted by Crippen LogP contribution is -2.52. The standard InChI is InChI=1S/C14H19N3O3S/c1-5-17-8-14(3,12(19)20-6-2)10(18)9-7-15-13(21-4)16-11(9)17/h7H,5-6,8H2,1-4H3. The number of ketones is 1. The fraction of sp³-hybridized carbons (Fsp3) is 0.571. The first-order chi connectivity index (χ1) is 9.97. The van der Waals surface area contributed by atoms with Crippen LogP contribution in [0.1, 0.15) is 31.1 Å². The molecule has 0 saturated heterocycles. The molecule has 7 heteroatoms. The lowest BCUT2D eigenvalue weighted by molar-refractivity contribution is -0.151. The van der Waals surface area contributed by atoms with Crippen molar-refractivity contribution < 1.29 is 14.3 Å². The summed E-state index contributed by atoms with van der Waals surface area (Å²) in [6.07, 6.45) is 3.39. The first-order valence-corrected chi connectivity index (χ1v) is 8.08. The highest BCUT2D eigenvalue weighted by atomic mass is 32.2. The van der Waals surface area contributed by atoms with Crippen LogP contribution in [0.15, 0.2) is 11.4 Å². The molecular weight excluding hydrogens is 290 g/mol. The van der Waals surface area contributed by atoms with Gasteiger partial charge in [0.2, 0.25) is 0 Å². The maximum absolute atomic E-state index is 12.7. The number of ether oxygens (including phenoxy) is 1. The maximum Gasteiger partial charge on any atom is 0.321 e. The Morgan fingerprint density at radius 3 is 2.81 bits per heavy atom. The van der Waals surface area contributed by atoms with Crippen LogP contribution < -0.4 is 4.90 Å². The third kappa shape index (κ3) is 2.62. The molecule has 1 aliphatic rings. The van der Waals surface area contributed by atoms with E-state index in [4.69, 9.17) is 4.74 Å². The summed E-state index contributed by atoms with van der Waals surface area (Å²) in [5.74, 6) is -0.162. The summed E-state index contributed by atoms with van der Waals surface area (Å²) in [4.78, 5) is 35.4. The molecule has 2 heterocycles. The molecular formula is C14H19N3O3S. The van der Waals surface area contributed by atoms with Gasteiger partial charge >= 0.3 is 5.97 Å². The zero-order valence-electron chi connectivity index (χ0n) is 12.7. The van der Waals surface area contributed by atoms with Gasteiger partial charge in [0.1, 0.15) is 11.2 Å². The fourth-order valence-electron chi connectivity index (χ4n) is 2.39. The van der Waals surface area contributed by atoms with E-state index < -0.39 is 11.4 Å². The molecule has 0 saturated carbocycles. The molecule has 1 aliphatic heterocycles. The number of carbonyl (C=O) groups is 2. The predicted octanol–water partition coefficient (Wildman–Crippen LogP) is 1.79. The number of hydrogen-bond acceptors (Lipinski definition) is 7. The Morgan fingerprint density at radius 1 is 1.52 bits per heavy atom. The normalized spacial score (nSPS) is 21.1. The zero-order valence-corrected chi connectivity index (χ0v) is 13.5. The molecule has 0 amide bonds. The number of hydrogen-bond donors (Lipinski definition) is 0. The van der Waals surface area contributed by atoms with Gasteiger partial charge in [-0.3, -0.25) is 9.59 Å². The van der Waals surface area contributed by atoms with Gasteiger partial charge in [-0.15, -0.1) is 0 Å². The summed E-state index contributed by atoms with van der Waals surface area (Å²) in [6, 6.07) is 0. The average Bonchev–Trinajstić information content (AvgIpc) is 2.50. The van der Waals surface area contributed by atoms with Crippen LogP contribution >= 0.6 is 11.8 Å². The highest BCUT2D eigenvalue weighted by Crippen LogP contribution is 2.36. The van der Waals surface area contributed by atoms with E-state index >= 15 is 0 Å². The number of thioether (sulfide) groups is 1. The van der Waals surface area contributed by atoms with Crippen LogP contribution in [-0.4, -0.2) is 47.7 Å². The molecule has 2 rings (SSSR count). The lowest BCUT2D eigenvalue weighted by Gasteiger charge is -2.38. The van der Waals surface area contributed by atoms with Crippen molar-refractivity contribution >= 4 is 29.3 Å². The predicted molar refractivity (Wildman–Crippen MR) is 80.8 cm³/mol. The SMILES string of the molecule is CCOC(=O)C1(C)CN(CC)c2nc(SC)ncc2C1=O. The van der Waals surface area contributed by atoms with Crippen molar-refractivity contribution in [3.8, 4) is 0 Å². The molecule has 1 aromatic heterocycles. The number of Topliss-reactive ketones (excluding diaryl/α,β-unsaturated/α-hetero) is 1. The van der Waals surface area contributed by atoms with Crippen molar-refractivity contribution in [2.24, 2.45) is 5.41 Å². The van der Waals surface area contributed by atoms with Crippen molar-refractivity contribution in [1.82, 2.24) is 9.97 Å².